The molecule has 0 saturated carbocycles. The standard InChI is InChI=1S/C26H31O4PS.CH4/c1-5-19(2)21-12-6-8-14-23(21)31(25-16-10-11-17-26(25)32(27,28)29)24-15-9-7-13-22(24)20(3)18-30-4;/h6-17,19-20H,5,18H2,1-4H3,(H,27,28,29);1H4. The van der Waals surface area contributed by atoms with Crippen LogP contribution in [-0.2, 0) is 14.9 Å². The van der Waals surface area contributed by atoms with Crippen molar-refractivity contribution >= 4 is 34.0 Å². The van der Waals surface area contributed by atoms with Gasteiger partial charge in [-0.1, -0.05) is 94.9 Å². The molecule has 3 rings (SSSR count). The molecule has 3 aromatic carbocycles. The van der Waals surface area contributed by atoms with E-state index in [4.69, 9.17) is 4.74 Å². The van der Waals surface area contributed by atoms with Crippen LogP contribution < -0.4 is 15.9 Å². The van der Waals surface area contributed by atoms with E-state index in [0.29, 0.717) is 17.8 Å². The second kappa shape index (κ2) is 11.9. The quantitative estimate of drug-likeness (QED) is 0.316. The first kappa shape index (κ1) is 27.2. The molecule has 0 amide bonds. The first-order valence-electron chi connectivity index (χ1n) is 10.8. The number of benzene rings is 3. The van der Waals surface area contributed by atoms with Crippen LogP contribution in [0.25, 0.3) is 0 Å². The van der Waals surface area contributed by atoms with Crippen molar-refractivity contribution in [2.75, 3.05) is 13.7 Å². The van der Waals surface area contributed by atoms with E-state index in [0.717, 1.165) is 22.6 Å². The van der Waals surface area contributed by atoms with Crippen LogP contribution >= 0.6 is 7.92 Å². The molecule has 0 spiro atoms. The first-order chi connectivity index (χ1) is 15.3. The van der Waals surface area contributed by atoms with E-state index in [1.165, 1.54) is 11.6 Å². The van der Waals surface area contributed by atoms with Crippen LogP contribution in [0, 0.1) is 0 Å². The highest BCUT2D eigenvalue weighted by Gasteiger charge is 2.29. The molecule has 33 heavy (non-hydrogen) atoms. The van der Waals surface area contributed by atoms with Gasteiger partial charge in [-0.05, 0) is 48.1 Å². The minimum Gasteiger partial charge on any atom is -0.384 e. The Hall–Kier alpha value is -2.04. The summed E-state index contributed by atoms with van der Waals surface area (Å²) in [6, 6.07) is 23.3. The molecule has 6 heteroatoms. The fourth-order valence-corrected chi connectivity index (χ4v) is 8.11. The molecule has 0 aromatic heterocycles. The Labute approximate surface area is 200 Å². The van der Waals surface area contributed by atoms with Gasteiger partial charge in [0.1, 0.15) is 4.90 Å². The summed E-state index contributed by atoms with van der Waals surface area (Å²) < 4.78 is 40.2. The van der Waals surface area contributed by atoms with Gasteiger partial charge in [-0.15, -0.1) is 0 Å². The molecule has 3 unspecified atom stereocenters. The summed E-state index contributed by atoms with van der Waals surface area (Å²) in [6.45, 7) is 7.03. The van der Waals surface area contributed by atoms with Gasteiger partial charge in [0, 0.05) is 18.3 Å². The summed E-state index contributed by atoms with van der Waals surface area (Å²) in [4.78, 5) is -0.0285. The molecule has 0 bridgehead atoms. The average Bonchev–Trinajstić information content (AvgIpc) is 2.79. The van der Waals surface area contributed by atoms with Crippen LogP contribution in [0.4, 0.5) is 0 Å². The fourth-order valence-electron chi connectivity index (χ4n) is 4.02. The molecular formula is C27H35O4PS. The van der Waals surface area contributed by atoms with Crippen molar-refractivity contribution in [2.45, 2.75) is 51.3 Å². The summed E-state index contributed by atoms with van der Waals surface area (Å²) in [7, 11) is -3.95. The minimum atomic E-state index is -4.38. The van der Waals surface area contributed by atoms with Gasteiger partial charge in [0.25, 0.3) is 10.1 Å². The van der Waals surface area contributed by atoms with Crippen LogP contribution in [-0.4, -0.2) is 26.7 Å². The molecule has 3 atom stereocenters. The van der Waals surface area contributed by atoms with Gasteiger partial charge >= 0.3 is 0 Å². The molecule has 0 fully saturated rings. The lowest BCUT2D eigenvalue weighted by atomic mass is 9.99. The van der Waals surface area contributed by atoms with Crippen molar-refractivity contribution in [3.63, 3.8) is 0 Å². The lowest BCUT2D eigenvalue weighted by molar-refractivity contribution is 0.184. The average molecular weight is 487 g/mol. The van der Waals surface area contributed by atoms with E-state index in [-0.39, 0.29) is 18.2 Å². The molecular weight excluding hydrogens is 451 g/mol. The predicted octanol–water partition coefficient (Wildman–Crippen LogP) is 5.59. The number of rotatable bonds is 9. The minimum absolute atomic E-state index is 0. The van der Waals surface area contributed by atoms with Gasteiger partial charge in [-0.25, -0.2) is 0 Å². The molecule has 0 aliphatic rings. The van der Waals surface area contributed by atoms with Gasteiger partial charge in [0.05, 0.1) is 6.61 Å². The molecule has 0 heterocycles. The van der Waals surface area contributed by atoms with Crippen molar-refractivity contribution in [2.24, 2.45) is 0 Å². The van der Waals surface area contributed by atoms with Crippen LogP contribution in [0.15, 0.2) is 77.7 Å². The zero-order valence-electron chi connectivity index (χ0n) is 19.0. The number of hydrogen-bond acceptors (Lipinski definition) is 3. The Balaban J connectivity index is 0.00000385. The smallest absolute Gasteiger partial charge is 0.295 e. The first-order valence-corrected chi connectivity index (χ1v) is 13.6. The van der Waals surface area contributed by atoms with Gasteiger partial charge in [0.15, 0.2) is 0 Å². The van der Waals surface area contributed by atoms with E-state index in [1.807, 2.05) is 36.4 Å². The van der Waals surface area contributed by atoms with Gasteiger partial charge in [0.2, 0.25) is 0 Å². The summed E-state index contributed by atoms with van der Waals surface area (Å²) in [5, 5.41) is 2.83. The van der Waals surface area contributed by atoms with Crippen molar-refractivity contribution < 1.29 is 17.7 Å². The third-order valence-electron chi connectivity index (χ3n) is 5.83. The maximum atomic E-state index is 12.4. The molecule has 1 N–H and O–H groups in total. The van der Waals surface area contributed by atoms with Gasteiger partial charge in [-0.3, -0.25) is 4.55 Å². The summed E-state index contributed by atoms with van der Waals surface area (Å²) in [5.41, 5.74) is 2.34. The molecule has 0 radical (unpaired) electrons. The Morgan fingerprint density at radius 1 is 0.818 bits per heavy atom. The van der Waals surface area contributed by atoms with E-state index >= 15 is 0 Å². The predicted molar refractivity (Wildman–Crippen MR) is 141 cm³/mol. The summed E-state index contributed by atoms with van der Waals surface area (Å²) in [6.07, 6.45) is 0.974. The van der Waals surface area contributed by atoms with E-state index < -0.39 is 18.0 Å². The summed E-state index contributed by atoms with van der Waals surface area (Å²) in [5.74, 6) is 0.451. The van der Waals surface area contributed by atoms with Crippen LogP contribution in [0.5, 0.6) is 0 Å². The van der Waals surface area contributed by atoms with Crippen molar-refractivity contribution in [3.05, 3.63) is 83.9 Å². The number of ether oxygens (including phenoxy) is 1. The molecule has 3 aromatic rings. The van der Waals surface area contributed by atoms with Crippen LogP contribution in [0.2, 0.25) is 0 Å². The van der Waals surface area contributed by atoms with Crippen LogP contribution in [0.3, 0.4) is 0 Å². The normalized spacial score (nSPS) is 14.2. The monoisotopic (exact) mass is 486 g/mol. The van der Waals surface area contributed by atoms with Crippen molar-refractivity contribution in [1.82, 2.24) is 0 Å². The maximum absolute atomic E-state index is 12.4. The van der Waals surface area contributed by atoms with E-state index in [1.54, 1.807) is 13.2 Å². The van der Waals surface area contributed by atoms with Crippen molar-refractivity contribution in [1.29, 1.82) is 0 Å². The molecule has 0 aliphatic carbocycles. The zero-order chi connectivity index (χ0) is 23.3. The SMILES string of the molecule is C.CCC(C)c1ccccc1P(c1ccccc1C(C)COC)c1ccccc1S(=O)(=O)O. The van der Waals surface area contributed by atoms with E-state index in [9.17, 15) is 13.0 Å². The Bertz CT molecular complexity index is 1160. The number of methoxy groups -OCH3 is 1. The summed E-state index contributed by atoms with van der Waals surface area (Å²) >= 11 is 0. The highest BCUT2D eigenvalue weighted by atomic mass is 32.2. The number of hydrogen-bond donors (Lipinski definition) is 1. The zero-order valence-corrected chi connectivity index (χ0v) is 20.7. The third-order valence-corrected chi connectivity index (χ3v) is 9.54. The molecule has 0 saturated heterocycles. The Morgan fingerprint density at radius 3 is 1.76 bits per heavy atom. The van der Waals surface area contributed by atoms with E-state index in [2.05, 4.69) is 45.0 Å². The second-order valence-electron chi connectivity index (χ2n) is 8.06. The molecule has 0 aliphatic heterocycles. The Morgan fingerprint density at radius 2 is 1.27 bits per heavy atom. The largest absolute Gasteiger partial charge is 0.384 e. The van der Waals surface area contributed by atoms with Crippen LogP contribution in [0.1, 0.15) is 57.6 Å². The maximum Gasteiger partial charge on any atom is 0.295 e. The molecule has 178 valence electrons. The van der Waals surface area contributed by atoms with Gasteiger partial charge < -0.3 is 4.74 Å². The lowest BCUT2D eigenvalue weighted by Crippen LogP contribution is -2.29. The topological polar surface area (TPSA) is 63.6 Å². The van der Waals surface area contributed by atoms with Crippen molar-refractivity contribution in [3.8, 4) is 0 Å². The second-order valence-corrected chi connectivity index (χ2v) is 11.6. The van der Waals surface area contributed by atoms with Gasteiger partial charge in [-0.2, -0.15) is 8.42 Å². The Kier molecular flexibility index (Phi) is 9.81. The molecule has 4 nitrogen and oxygen atoms in total. The lowest BCUT2D eigenvalue weighted by Gasteiger charge is -2.28. The fraction of sp³-hybridized carbons (Fsp3) is 0.333. The third kappa shape index (κ3) is 6.10. The highest BCUT2D eigenvalue weighted by Crippen LogP contribution is 2.40. The highest BCUT2D eigenvalue weighted by molar-refractivity contribution is 7.88.